The van der Waals surface area contributed by atoms with Gasteiger partial charge in [-0.15, -0.1) is 0 Å². The van der Waals surface area contributed by atoms with Gasteiger partial charge < -0.3 is 15.0 Å². The van der Waals surface area contributed by atoms with E-state index >= 15 is 0 Å². The van der Waals surface area contributed by atoms with E-state index in [1.807, 2.05) is 29.1 Å². The highest BCUT2D eigenvalue weighted by Gasteiger charge is 2.09. The average molecular weight is 493 g/mol. The molecule has 2 heterocycles. The first-order valence-corrected chi connectivity index (χ1v) is 9.83. The summed E-state index contributed by atoms with van der Waals surface area (Å²) >= 11 is 14.8. The van der Waals surface area contributed by atoms with E-state index in [0.29, 0.717) is 22.5 Å². The van der Waals surface area contributed by atoms with Gasteiger partial charge in [-0.2, -0.15) is 0 Å². The SMILES string of the molecule is O=C(NCl)c1cc(Oc2ccc3nc(Nc4ccc(Br)c(Cl)c4)[nH]c3c2)ccn1. The number of hydrogen-bond acceptors (Lipinski definition) is 5. The number of hydrogen-bond donors (Lipinski definition) is 3. The minimum atomic E-state index is -0.509. The number of fused-ring (bicyclic) bond motifs is 1. The molecule has 29 heavy (non-hydrogen) atoms. The van der Waals surface area contributed by atoms with Crippen molar-refractivity contribution in [2.24, 2.45) is 0 Å². The minimum Gasteiger partial charge on any atom is -0.457 e. The Morgan fingerprint density at radius 2 is 1.93 bits per heavy atom. The van der Waals surface area contributed by atoms with Crippen molar-refractivity contribution < 1.29 is 9.53 Å². The van der Waals surface area contributed by atoms with E-state index in [1.165, 1.54) is 12.3 Å². The number of H-pyrrole nitrogens is 1. The number of nitrogens with one attached hydrogen (secondary N) is 3. The summed E-state index contributed by atoms with van der Waals surface area (Å²) < 4.78 is 6.64. The summed E-state index contributed by atoms with van der Waals surface area (Å²) in [6.07, 6.45) is 1.47. The maximum atomic E-state index is 11.6. The summed E-state index contributed by atoms with van der Waals surface area (Å²) in [4.78, 5) is 25.2. The van der Waals surface area contributed by atoms with Crippen molar-refractivity contribution >= 4 is 67.9 Å². The highest BCUT2D eigenvalue weighted by molar-refractivity contribution is 9.10. The molecule has 0 radical (unpaired) electrons. The molecular weight excluding hydrogens is 481 g/mol. The summed E-state index contributed by atoms with van der Waals surface area (Å²) in [5.74, 6) is 1.09. The average Bonchev–Trinajstić information content (AvgIpc) is 3.12. The summed E-state index contributed by atoms with van der Waals surface area (Å²) in [6, 6.07) is 14.1. The fraction of sp³-hybridized carbons (Fsp3) is 0. The molecule has 1 amide bonds. The Balaban J connectivity index is 1.55. The first-order valence-electron chi connectivity index (χ1n) is 8.28. The van der Waals surface area contributed by atoms with E-state index in [9.17, 15) is 4.79 Å². The van der Waals surface area contributed by atoms with Crippen LogP contribution in [0.1, 0.15) is 10.5 Å². The van der Waals surface area contributed by atoms with Crippen LogP contribution in [-0.4, -0.2) is 20.9 Å². The summed E-state index contributed by atoms with van der Waals surface area (Å²) in [6.45, 7) is 0. The molecule has 0 aliphatic rings. The molecular formula is C19H12BrCl2N5O2. The quantitative estimate of drug-likeness (QED) is 0.306. The van der Waals surface area contributed by atoms with Gasteiger partial charge in [0.15, 0.2) is 0 Å². The second kappa shape index (κ2) is 8.28. The molecule has 4 rings (SSSR count). The topological polar surface area (TPSA) is 91.9 Å². The number of benzene rings is 2. The van der Waals surface area contributed by atoms with Crippen LogP contribution < -0.4 is 14.9 Å². The minimum absolute atomic E-state index is 0.153. The van der Waals surface area contributed by atoms with Crippen LogP contribution in [0.25, 0.3) is 11.0 Å². The van der Waals surface area contributed by atoms with Crippen molar-refractivity contribution in [3.8, 4) is 11.5 Å². The van der Waals surface area contributed by atoms with E-state index in [1.54, 1.807) is 18.2 Å². The second-order valence-electron chi connectivity index (χ2n) is 5.92. The lowest BCUT2D eigenvalue weighted by atomic mass is 10.3. The lowest BCUT2D eigenvalue weighted by Gasteiger charge is -2.06. The van der Waals surface area contributed by atoms with Crippen LogP contribution in [-0.2, 0) is 0 Å². The number of imidazole rings is 1. The number of anilines is 2. The Bertz CT molecular complexity index is 1210. The van der Waals surface area contributed by atoms with Gasteiger partial charge >= 0.3 is 0 Å². The molecule has 0 aliphatic heterocycles. The molecule has 4 aromatic rings. The largest absolute Gasteiger partial charge is 0.457 e. The van der Waals surface area contributed by atoms with E-state index in [2.05, 4.69) is 36.2 Å². The Kier molecular flexibility index (Phi) is 5.57. The molecule has 0 saturated carbocycles. The lowest BCUT2D eigenvalue weighted by Crippen LogP contribution is -2.13. The van der Waals surface area contributed by atoms with Crippen molar-refractivity contribution in [3.05, 3.63) is 69.9 Å². The van der Waals surface area contributed by atoms with Gasteiger partial charge in [-0.25, -0.2) is 4.98 Å². The number of ether oxygens (including phenoxy) is 1. The van der Waals surface area contributed by atoms with Gasteiger partial charge in [0.25, 0.3) is 5.91 Å². The zero-order valence-electron chi connectivity index (χ0n) is 14.5. The molecule has 2 aromatic carbocycles. The predicted octanol–water partition coefficient (Wildman–Crippen LogP) is 5.79. The van der Waals surface area contributed by atoms with Gasteiger partial charge in [0, 0.05) is 40.3 Å². The van der Waals surface area contributed by atoms with Crippen molar-refractivity contribution in [1.82, 2.24) is 19.8 Å². The number of rotatable bonds is 5. The van der Waals surface area contributed by atoms with E-state index in [-0.39, 0.29) is 5.69 Å². The first kappa shape index (κ1) is 19.5. The molecule has 0 atom stereocenters. The normalized spacial score (nSPS) is 10.7. The first-order chi connectivity index (χ1) is 14.0. The number of pyridine rings is 1. The molecule has 10 heteroatoms. The van der Waals surface area contributed by atoms with E-state index in [4.69, 9.17) is 28.1 Å². The highest BCUT2D eigenvalue weighted by Crippen LogP contribution is 2.29. The van der Waals surface area contributed by atoms with Crippen LogP contribution in [0.5, 0.6) is 11.5 Å². The zero-order valence-corrected chi connectivity index (χ0v) is 17.6. The van der Waals surface area contributed by atoms with Gasteiger partial charge in [-0.3, -0.25) is 14.6 Å². The Labute approximate surface area is 183 Å². The summed E-state index contributed by atoms with van der Waals surface area (Å²) in [5.41, 5.74) is 2.50. The fourth-order valence-corrected chi connectivity index (χ4v) is 3.13. The fourth-order valence-electron chi connectivity index (χ4n) is 2.61. The van der Waals surface area contributed by atoms with Crippen molar-refractivity contribution in [1.29, 1.82) is 0 Å². The molecule has 0 unspecified atom stereocenters. The van der Waals surface area contributed by atoms with Gasteiger partial charge in [0.1, 0.15) is 17.2 Å². The van der Waals surface area contributed by atoms with Crippen LogP contribution in [0.15, 0.2) is 59.2 Å². The third-order valence-electron chi connectivity index (χ3n) is 3.92. The number of carbonyl (C=O) groups excluding carboxylic acids is 1. The third-order valence-corrected chi connectivity index (χ3v) is 5.33. The number of aromatic amines is 1. The number of halogens is 3. The van der Waals surface area contributed by atoms with Gasteiger partial charge in [-0.05, 0) is 52.3 Å². The Hall–Kier alpha value is -2.81. The van der Waals surface area contributed by atoms with Crippen molar-refractivity contribution in [3.63, 3.8) is 0 Å². The molecule has 0 bridgehead atoms. The zero-order chi connectivity index (χ0) is 20.4. The molecule has 2 aromatic heterocycles. The van der Waals surface area contributed by atoms with Crippen molar-refractivity contribution in [2.45, 2.75) is 0 Å². The van der Waals surface area contributed by atoms with Crippen LogP contribution in [0.4, 0.5) is 11.6 Å². The van der Waals surface area contributed by atoms with Crippen LogP contribution in [0, 0.1) is 0 Å². The van der Waals surface area contributed by atoms with E-state index in [0.717, 1.165) is 21.2 Å². The monoisotopic (exact) mass is 491 g/mol. The molecule has 7 nitrogen and oxygen atoms in total. The van der Waals surface area contributed by atoms with Crippen molar-refractivity contribution in [2.75, 3.05) is 5.32 Å². The molecule has 0 aliphatic carbocycles. The van der Waals surface area contributed by atoms with Crippen LogP contribution in [0.3, 0.4) is 0 Å². The number of nitrogens with zero attached hydrogens (tertiary/aromatic N) is 2. The smallest absolute Gasteiger partial charge is 0.284 e. The lowest BCUT2D eigenvalue weighted by molar-refractivity contribution is 0.0976. The van der Waals surface area contributed by atoms with Gasteiger partial charge in [0.05, 0.1) is 16.1 Å². The second-order valence-corrected chi connectivity index (χ2v) is 7.37. The number of aromatic nitrogens is 3. The standard InChI is InChI=1S/C19H12BrCl2N5O2/c20-13-3-1-10(7-14(13)21)24-19-25-15-4-2-11(8-16(15)26-19)29-12-5-6-23-17(9-12)18(28)27-22/h1-9H,(H,27,28)(H2,24,25,26). The molecule has 0 saturated heterocycles. The number of carbonyl (C=O) groups is 1. The molecule has 3 N–H and O–H groups in total. The Morgan fingerprint density at radius 1 is 1.10 bits per heavy atom. The van der Waals surface area contributed by atoms with Gasteiger partial charge in [0.2, 0.25) is 5.95 Å². The molecule has 0 fully saturated rings. The van der Waals surface area contributed by atoms with E-state index < -0.39 is 5.91 Å². The van der Waals surface area contributed by atoms with Crippen LogP contribution in [0.2, 0.25) is 5.02 Å². The maximum Gasteiger partial charge on any atom is 0.284 e. The third kappa shape index (κ3) is 4.45. The number of amides is 1. The predicted molar refractivity (Wildman–Crippen MR) is 116 cm³/mol. The van der Waals surface area contributed by atoms with Gasteiger partial charge in [-0.1, -0.05) is 11.6 Å². The van der Waals surface area contributed by atoms with Crippen LogP contribution >= 0.6 is 39.3 Å². The highest BCUT2D eigenvalue weighted by atomic mass is 79.9. The molecule has 0 spiro atoms. The maximum absolute atomic E-state index is 11.6. The summed E-state index contributed by atoms with van der Waals surface area (Å²) in [7, 11) is 0. The Morgan fingerprint density at radius 3 is 2.72 bits per heavy atom. The summed E-state index contributed by atoms with van der Waals surface area (Å²) in [5, 5.41) is 3.78. The molecule has 146 valence electrons.